The van der Waals surface area contributed by atoms with Gasteiger partial charge in [-0.25, -0.2) is 4.98 Å². The van der Waals surface area contributed by atoms with Gasteiger partial charge in [-0.1, -0.05) is 0 Å². The van der Waals surface area contributed by atoms with Crippen LogP contribution in [0.3, 0.4) is 0 Å². The van der Waals surface area contributed by atoms with Crippen molar-refractivity contribution in [3.8, 4) is 0 Å². The number of nitrogens with one attached hydrogen (secondary N) is 2. The number of thiazole rings is 1. The SMILES string of the molecule is CNc1nc([C@H]2CCCN2)cs1. The first-order valence-corrected chi connectivity index (χ1v) is 5.14. The molecule has 0 aromatic carbocycles. The lowest BCUT2D eigenvalue weighted by Gasteiger charge is -2.04. The molecule has 4 heteroatoms. The third-order valence-electron chi connectivity index (χ3n) is 2.15. The molecule has 1 aromatic rings. The molecule has 0 amide bonds. The number of nitrogens with zero attached hydrogens (tertiary/aromatic N) is 1. The van der Waals surface area contributed by atoms with Gasteiger partial charge < -0.3 is 10.6 Å². The molecule has 1 aliphatic heterocycles. The Kier molecular flexibility index (Phi) is 2.28. The molecule has 66 valence electrons. The molecule has 0 saturated carbocycles. The van der Waals surface area contributed by atoms with Gasteiger partial charge in [-0.3, -0.25) is 0 Å². The maximum Gasteiger partial charge on any atom is 0.182 e. The number of hydrogen-bond acceptors (Lipinski definition) is 4. The van der Waals surface area contributed by atoms with Crippen LogP contribution in [-0.2, 0) is 0 Å². The predicted molar refractivity (Wildman–Crippen MR) is 51.6 cm³/mol. The minimum Gasteiger partial charge on any atom is -0.365 e. The molecule has 1 fully saturated rings. The van der Waals surface area contributed by atoms with Gasteiger partial charge in [-0.05, 0) is 19.4 Å². The van der Waals surface area contributed by atoms with E-state index in [9.17, 15) is 0 Å². The molecule has 0 radical (unpaired) electrons. The van der Waals surface area contributed by atoms with E-state index in [0.717, 1.165) is 11.7 Å². The molecular formula is C8H13N3S. The highest BCUT2D eigenvalue weighted by atomic mass is 32.1. The van der Waals surface area contributed by atoms with Gasteiger partial charge in [-0.15, -0.1) is 11.3 Å². The van der Waals surface area contributed by atoms with Gasteiger partial charge in [0.15, 0.2) is 5.13 Å². The van der Waals surface area contributed by atoms with Gasteiger partial charge in [0, 0.05) is 12.4 Å². The van der Waals surface area contributed by atoms with E-state index in [0.29, 0.717) is 6.04 Å². The van der Waals surface area contributed by atoms with Gasteiger partial charge in [0.2, 0.25) is 0 Å². The number of aromatic nitrogens is 1. The molecule has 1 saturated heterocycles. The van der Waals surface area contributed by atoms with Crippen LogP contribution in [0.1, 0.15) is 24.6 Å². The largest absolute Gasteiger partial charge is 0.365 e. The second-order valence-electron chi connectivity index (χ2n) is 2.98. The Morgan fingerprint density at radius 3 is 3.25 bits per heavy atom. The Bertz CT molecular complexity index is 253. The molecule has 0 spiro atoms. The predicted octanol–water partition coefficient (Wildman–Crippen LogP) is 1.61. The molecule has 1 aliphatic rings. The van der Waals surface area contributed by atoms with E-state index in [1.165, 1.54) is 18.5 Å². The molecular weight excluding hydrogens is 170 g/mol. The van der Waals surface area contributed by atoms with E-state index >= 15 is 0 Å². The molecule has 2 rings (SSSR count). The standard InChI is InChI=1S/C8H13N3S/c1-9-8-11-7(5-12-8)6-3-2-4-10-6/h5-6,10H,2-4H2,1H3,(H,9,11)/t6-/m1/s1. The van der Waals surface area contributed by atoms with Crippen LogP contribution >= 0.6 is 11.3 Å². The fraction of sp³-hybridized carbons (Fsp3) is 0.625. The molecule has 2 N–H and O–H groups in total. The average molecular weight is 183 g/mol. The minimum atomic E-state index is 0.503. The van der Waals surface area contributed by atoms with E-state index < -0.39 is 0 Å². The monoisotopic (exact) mass is 183 g/mol. The fourth-order valence-electron chi connectivity index (χ4n) is 1.50. The summed E-state index contributed by atoms with van der Waals surface area (Å²) in [6.07, 6.45) is 2.50. The topological polar surface area (TPSA) is 37.0 Å². The lowest BCUT2D eigenvalue weighted by atomic mass is 10.2. The Morgan fingerprint density at radius 2 is 2.67 bits per heavy atom. The third kappa shape index (κ3) is 1.44. The van der Waals surface area contributed by atoms with Crippen LogP contribution in [-0.4, -0.2) is 18.6 Å². The van der Waals surface area contributed by atoms with E-state index in [-0.39, 0.29) is 0 Å². The van der Waals surface area contributed by atoms with Gasteiger partial charge in [0.25, 0.3) is 0 Å². The summed E-state index contributed by atoms with van der Waals surface area (Å²) in [5.74, 6) is 0. The first-order chi connectivity index (χ1) is 5.90. The van der Waals surface area contributed by atoms with Crippen molar-refractivity contribution in [1.29, 1.82) is 0 Å². The van der Waals surface area contributed by atoms with Crippen molar-refractivity contribution < 1.29 is 0 Å². The summed E-state index contributed by atoms with van der Waals surface area (Å²) in [5.41, 5.74) is 1.20. The van der Waals surface area contributed by atoms with Crippen LogP contribution in [0, 0.1) is 0 Å². The van der Waals surface area contributed by atoms with E-state index in [1.807, 2.05) is 7.05 Å². The lowest BCUT2D eigenvalue weighted by molar-refractivity contribution is 0.632. The van der Waals surface area contributed by atoms with Gasteiger partial charge >= 0.3 is 0 Å². The zero-order chi connectivity index (χ0) is 8.39. The zero-order valence-electron chi connectivity index (χ0n) is 7.13. The van der Waals surface area contributed by atoms with Crippen molar-refractivity contribution in [2.75, 3.05) is 18.9 Å². The summed E-state index contributed by atoms with van der Waals surface area (Å²) < 4.78 is 0. The third-order valence-corrected chi connectivity index (χ3v) is 3.03. The van der Waals surface area contributed by atoms with Crippen molar-refractivity contribution in [3.63, 3.8) is 0 Å². The molecule has 1 aromatic heterocycles. The van der Waals surface area contributed by atoms with Crippen LogP contribution in [0.2, 0.25) is 0 Å². The van der Waals surface area contributed by atoms with Crippen molar-refractivity contribution in [3.05, 3.63) is 11.1 Å². The van der Waals surface area contributed by atoms with Crippen molar-refractivity contribution in [2.45, 2.75) is 18.9 Å². The number of hydrogen-bond donors (Lipinski definition) is 2. The van der Waals surface area contributed by atoms with Crippen LogP contribution in [0.15, 0.2) is 5.38 Å². The Balaban J connectivity index is 2.11. The molecule has 0 bridgehead atoms. The molecule has 1 atom stereocenters. The Morgan fingerprint density at radius 1 is 1.75 bits per heavy atom. The second-order valence-corrected chi connectivity index (χ2v) is 3.83. The smallest absolute Gasteiger partial charge is 0.182 e. The van der Waals surface area contributed by atoms with Crippen LogP contribution < -0.4 is 10.6 Å². The first-order valence-electron chi connectivity index (χ1n) is 4.26. The summed E-state index contributed by atoms with van der Waals surface area (Å²) in [4.78, 5) is 4.46. The summed E-state index contributed by atoms with van der Waals surface area (Å²) in [6.45, 7) is 1.14. The zero-order valence-corrected chi connectivity index (χ0v) is 7.95. The first kappa shape index (κ1) is 8.01. The maximum absolute atomic E-state index is 4.46. The van der Waals surface area contributed by atoms with Crippen molar-refractivity contribution >= 4 is 16.5 Å². The molecule has 3 nitrogen and oxygen atoms in total. The van der Waals surface area contributed by atoms with Crippen LogP contribution in [0.5, 0.6) is 0 Å². The highest BCUT2D eigenvalue weighted by Gasteiger charge is 2.18. The van der Waals surface area contributed by atoms with Gasteiger partial charge in [0.1, 0.15) is 0 Å². The normalized spacial score (nSPS) is 22.9. The fourth-order valence-corrected chi connectivity index (χ4v) is 2.22. The Labute approximate surface area is 76.2 Å². The van der Waals surface area contributed by atoms with Crippen LogP contribution in [0.4, 0.5) is 5.13 Å². The molecule has 12 heavy (non-hydrogen) atoms. The van der Waals surface area contributed by atoms with E-state index in [1.54, 1.807) is 11.3 Å². The summed E-state index contributed by atoms with van der Waals surface area (Å²) >= 11 is 1.67. The van der Waals surface area contributed by atoms with Gasteiger partial charge in [-0.2, -0.15) is 0 Å². The molecule has 0 aliphatic carbocycles. The number of rotatable bonds is 2. The van der Waals surface area contributed by atoms with Crippen molar-refractivity contribution in [1.82, 2.24) is 10.3 Å². The second kappa shape index (κ2) is 3.41. The highest BCUT2D eigenvalue weighted by molar-refractivity contribution is 7.13. The van der Waals surface area contributed by atoms with Gasteiger partial charge in [0.05, 0.1) is 11.7 Å². The molecule has 2 heterocycles. The number of anilines is 1. The maximum atomic E-state index is 4.46. The molecule has 0 unspecified atom stereocenters. The minimum absolute atomic E-state index is 0.503. The van der Waals surface area contributed by atoms with Crippen LogP contribution in [0.25, 0.3) is 0 Å². The van der Waals surface area contributed by atoms with E-state index in [2.05, 4.69) is 21.0 Å². The summed E-state index contributed by atoms with van der Waals surface area (Å²) in [5, 5.41) is 9.62. The van der Waals surface area contributed by atoms with E-state index in [4.69, 9.17) is 0 Å². The highest BCUT2D eigenvalue weighted by Crippen LogP contribution is 2.25. The summed E-state index contributed by atoms with van der Waals surface area (Å²) in [7, 11) is 1.91. The Hall–Kier alpha value is -0.610. The average Bonchev–Trinajstić information content (AvgIpc) is 2.75. The lowest BCUT2D eigenvalue weighted by Crippen LogP contribution is -2.13. The summed E-state index contributed by atoms with van der Waals surface area (Å²) in [6, 6.07) is 0.503. The quantitative estimate of drug-likeness (QED) is 0.731. The van der Waals surface area contributed by atoms with Crippen molar-refractivity contribution in [2.24, 2.45) is 0 Å².